The van der Waals surface area contributed by atoms with Crippen LogP contribution in [-0.4, -0.2) is 38.2 Å². The van der Waals surface area contributed by atoms with Crippen LogP contribution in [0.2, 0.25) is 0 Å². The Hall–Kier alpha value is -1.95. The highest BCUT2D eigenvalue weighted by molar-refractivity contribution is 5.97. The lowest BCUT2D eigenvalue weighted by atomic mass is 9.92. The molecule has 0 unspecified atom stereocenters. The lowest BCUT2D eigenvalue weighted by Gasteiger charge is -2.27. The second kappa shape index (κ2) is 6.87. The van der Waals surface area contributed by atoms with Crippen molar-refractivity contribution in [2.45, 2.75) is 45.1 Å². The molecule has 1 heterocycles. The van der Waals surface area contributed by atoms with E-state index in [1.54, 1.807) is 16.8 Å². The minimum atomic E-state index is -0.824. The predicted molar refractivity (Wildman–Crippen MR) is 85.6 cm³/mol. The topological polar surface area (TPSA) is 80.0 Å². The summed E-state index contributed by atoms with van der Waals surface area (Å²) in [6.07, 6.45) is 3.14. The maximum Gasteiger partial charge on any atom is 0.251 e. The third-order valence-corrected chi connectivity index (χ3v) is 3.88. The van der Waals surface area contributed by atoms with Gasteiger partial charge in [-0.3, -0.25) is 4.79 Å². The first kappa shape index (κ1) is 16.4. The molecule has 0 saturated carbocycles. The Kier molecular flexibility index (Phi) is 5.13. The second-order valence-corrected chi connectivity index (χ2v) is 5.82. The number of fused-ring (bicyclic) bond motifs is 1. The zero-order valence-electron chi connectivity index (χ0n) is 13.5. The van der Waals surface area contributed by atoms with Crippen LogP contribution in [0.1, 0.15) is 49.9 Å². The summed E-state index contributed by atoms with van der Waals surface area (Å²) in [5, 5.41) is 21.3. The van der Waals surface area contributed by atoms with Crippen molar-refractivity contribution < 1.29 is 9.90 Å². The van der Waals surface area contributed by atoms with Crippen molar-refractivity contribution in [2.75, 3.05) is 6.54 Å². The Bertz CT molecular complexity index is 645. The van der Waals surface area contributed by atoms with Gasteiger partial charge in [-0.1, -0.05) is 31.9 Å². The minimum Gasteiger partial charge on any atom is -0.388 e. The molecule has 1 aromatic carbocycles. The Morgan fingerprint density at radius 2 is 2.00 bits per heavy atom. The first-order chi connectivity index (χ1) is 10.5. The number of aryl methyl sites for hydroxylation is 1. The molecule has 22 heavy (non-hydrogen) atoms. The van der Waals surface area contributed by atoms with Crippen molar-refractivity contribution in [3.05, 3.63) is 23.8 Å². The van der Waals surface area contributed by atoms with Crippen LogP contribution >= 0.6 is 0 Å². The molecule has 1 aromatic heterocycles. The molecule has 0 saturated heterocycles. The predicted octanol–water partition coefficient (Wildman–Crippen LogP) is 2.03. The maximum atomic E-state index is 12.3. The molecule has 0 atom stereocenters. The van der Waals surface area contributed by atoms with Crippen molar-refractivity contribution in [3.8, 4) is 0 Å². The van der Waals surface area contributed by atoms with Gasteiger partial charge < -0.3 is 10.4 Å². The number of rotatable bonds is 7. The van der Waals surface area contributed by atoms with E-state index in [2.05, 4.69) is 15.6 Å². The smallest absolute Gasteiger partial charge is 0.251 e. The van der Waals surface area contributed by atoms with E-state index in [4.69, 9.17) is 0 Å². The first-order valence-electron chi connectivity index (χ1n) is 7.79. The fraction of sp³-hybridized carbons (Fsp3) is 0.562. The molecule has 2 N–H and O–H groups in total. The summed E-state index contributed by atoms with van der Waals surface area (Å²) in [6, 6.07) is 5.30. The molecule has 6 nitrogen and oxygen atoms in total. The highest BCUT2D eigenvalue weighted by Gasteiger charge is 2.25. The van der Waals surface area contributed by atoms with Gasteiger partial charge in [0.2, 0.25) is 0 Å². The van der Waals surface area contributed by atoms with E-state index in [1.165, 1.54) is 0 Å². The molecule has 6 heteroatoms. The van der Waals surface area contributed by atoms with E-state index in [1.807, 2.05) is 27.0 Å². The monoisotopic (exact) mass is 304 g/mol. The number of carbonyl (C=O) groups excluding carboxylic acids is 1. The molecule has 2 aromatic rings. The SMILES string of the molecule is CCCC(O)(CCC)CNC(=O)c1ccc2c(c1)nnn2C. The van der Waals surface area contributed by atoms with Gasteiger partial charge in [0, 0.05) is 19.2 Å². The minimum absolute atomic E-state index is 0.196. The molecule has 0 radical (unpaired) electrons. The summed E-state index contributed by atoms with van der Waals surface area (Å²) in [5.74, 6) is -0.196. The zero-order chi connectivity index (χ0) is 16.2. The fourth-order valence-corrected chi connectivity index (χ4v) is 2.76. The van der Waals surface area contributed by atoms with Crippen LogP contribution in [0.25, 0.3) is 11.0 Å². The number of hydrogen-bond donors (Lipinski definition) is 2. The van der Waals surface area contributed by atoms with Gasteiger partial charge in [0.05, 0.1) is 11.1 Å². The highest BCUT2D eigenvalue weighted by atomic mass is 16.3. The molecule has 0 fully saturated rings. The van der Waals surface area contributed by atoms with E-state index < -0.39 is 5.60 Å². The van der Waals surface area contributed by atoms with E-state index in [0.29, 0.717) is 23.9 Å². The number of carbonyl (C=O) groups is 1. The van der Waals surface area contributed by atoms with Crippen molar-refractivity contribution >= 4 is 16.9 Å². The molecule has 2 rings (SSSR count). The zero-order valence-corrected chi connectivity index (χ0v) is 13.5. The Morgan fingerprint density at radius 3 is 2.64 bits per heavy atom. The van der Waals surface area contributed by atoms with E-state index in [9.17, 15) is 9.90 Å². The van der Waals surface area contributed by atoms with Gasteiger partial charge in [-0.2, -0.15) is 0 Å². The molecule has 0 bridgehead atoms. The lowest BCUT2D eigenvalue weighted by molar-refractivity contribution is 0.0213. The van der Waals surface area contributed by atoms with Gasteiger partial charge in [-0.25, -0.2) is 4.68 Å². The van der Waals surface area contributed by atoms with Crippen LogP contribution in [0.15, 0.2) is 18.2 Å². The number of aromatic nitrogens is 3. The van der Waals surface area contributed by atoms with Gasteiger partial charge in [-0.15, -0.1) is 5.10 Å². The third-order valence-electron chi connectivity index (χ3n) is 3.88. The largest absolute Gasteiger partial charge is 0.388 e. The molecule has 0 aliphatic rings. The van der Waals surface area contributed by atoms with Crippen molar-refractivity contribution in [1.82, 2.24) is 20.3 Å². The van der Waals surface area contributed by atoms with Gasteiger partial charge in [0.1, 0.15) is 5.52 Å². The summed E-state index contributed by atoms with van der Waals surface area (Å²) < 4.78 is 1.66. The van der Waals surface area contributed by atoms with Crippen LogP contribution in [0.3, 0.4) is 0 Å². The molecule has 0 spiro atoms. The first-order valence-corrected chi connectivity index (χ1v) is 7.79. The molecule has 0 aliphatic carbocycles. The summed E-state index contributed by atoms with van der Waals surface area (Å²) in [7, 11) is 1.81. The number of hydrogen-bond acceptors (Lipinski definition) is 4. The molecular formula is C16H24N4O2. The van der Waals surface area contributed by atoms with Gasteiger partial charge in [0.15, 0.2) is 0 Å². The van der Waals surface area contributed by atoms with Crippen LogP contribution in [0.5, 0.6) is 0 Å². The molecule has 120 valence electrons. The number of benzene rings is 1. The summed E-state index contributed by atoms with van der Waals surface area (Å²) in [4.78, 5) is 12.3. The van der Waals surface area contributed by atoms with Crippen LogP contribution < -0.4 is 5.32 Å². The Balaban J connectivity index is 2.06. The van der Waals surface area contributed by atoms with Crippen LogP contribution in [0.4, 0.5) is 0 Å². The Labute approximate surface area is 130 Å². The number of nitrogens with one attached hydrogen (secondary N) is 1. The third kappa shape index (κ3) is 3.62. The van der Waals surface area contributed by atoms with Crippen molar-refractivity contribution in [1.29, 1.82) is 0 Å². The normalized spacial score (nSPS) is 11.8. The maximum absolute atomic E-state index is 12.3. The quantitative estimate of drug-likeness (QED) is 0.820. The van der Waals surface area contributed by atoms with Crippen molar-refractivity contribution in [2.24, 2.45) is 7.05 Å². The summed E-state index contributed by atoms with van der Waals surface area (Å²) in [5.41, 5.74) is 1.27. The summed E-state index contributed by atoms with van der Waals surface area (Å²) in [6.45, 7) is 4.33. The van der Waals surface area contributed by atoms with Gasteiger partial charge in [-0.05, 0) is 31.0 Å². The highest BCUT2D eigenvalue weighted by Crippen LogP contribution is 2.19. The molecule has 0 aliphatic heterocycles. The average molecular weight is 304 g/mol. The second-order valence-electron chi connectivity index (χ2n) is 5.82. The summed E-state index contributed by atoms with van der Waals surface area (Å²) >= 11 is 0. The Morgan fingerprint density at radius 1 is 1.32 bits per heavy atom. The average Bonchev–Trinajstić information content (AvgIpc) is 2.86. The fourth-order valence-electron chi connectivity index (χ4n) is 2.76. The van der Waals surface area contributed by atoms with Crippen LogP contribution in [-0.2, 0) is 7.05 Å². The van der Waals surface area contributed by atoms with Crippen LogP contribution in [0, 0.1) is 0 Å². The van der Waals surface area contributed by atoms with Gasteiger partial charge in [0.25, 0.3) is 5.91 Å². The standard InChI is InChI=1S/C16H24N4O2/c1-4-8-16(22,9-5-2)11-17-15(21)12-6-7-14-13(10-12)18-19-20(14)3/h6-7,10,22H,4-5,8-9,11H2,1-3H3,(H,17,21). The van der Waals surface area contributed by atoms with E-state index in [-0.39, 0.29) is 12.5 Å². The lowest BCUT2D eigenvalue weighted by Crippen LogP contribution is -2.42. The molecule has 1 amide bonds. The van der Waals surface area contributed by atoms with Crippen molar-refractivity contribution in [3.63, 3.8) is 0 Å². The van der Waals surface area contributed by atoms with Gasteiger partial charge >= 0.3 is 0 Å². The number of aliphatic hydroxyl groups is 1. The molecular weight excluding hydrogens is 280 g/mol. The number of amides is 1. The van der Waals surface area contributed by atoms with E-state index in [0.717, 1.165) is 18.4 Å². The number of nitrogens with zero attached hydrogens (tertiary/aromatic N) is 3. The van der Waals surface area contributed by atoms with E-state index >= 15 is 0 Å².